The third-order valence-electron chi connectivity index (χ3n) is 3.03. The maximum atomic E-state index is 4.00. The average molecular weight is 193 g/mol. The summed E-state index contributed by atoms with van der Waals surface area (Å²) in [7, 11) is 0. The van der Waals surface area contributed by atoms with Crippen molar-refractivity contribution in [1.29, 1.82) is 0 Å². The molecule has 0 spiro atoms. The van der Waals surface area contributed by atoms with Crippen LogP contribution in [0.25, 0.3) is 0 Å². The second-order valence-corrected chi connectivity index (χ2v) is 4.18. The van der Waals surface area contributed by atoms with Crippen LogP contribution in [0.5, 0.6) is 0 Å². The molecule has 0 aromatic carbocycles. The summed E-state index contributed by atoms with van der Waals surface area (Å²) in [6.45, 7) is 2.27. The van der Waals surface area contributed by atoms with Crippen molar-refractivity contribution in [3.8, 4) is 0 Å². The molecule has 0 atom stereocenters. The Labute approximate surface area is 85.3 Å². The molecule has 0 bridgehead atoms. The van der Waals surface area contributed by atoms with Crippen LogP contribution in [0.15, 0.2) is 12.5 Å². The van der Waals surface area contributed by atoms with E-state index < -0.39 is 0 Å². The molecule has 78 valence electrons. The predicted octanol–water partition coefficient (Wildman–Crippen LogP) is 1.73. The Kier molecular flexibility index (Phi) is 3.57. The quantitative estimate of drug-likeness (QED) is 0.699. The van der Waals surface area contributed by atoms with Crippen molar-refractivity contribution in [1.82, 2.24) is 15.3 Å². The van der Waals surface area contributed by atoms with Crippen LogP contribution in [0, 0.1) is 5.92 Å². The Morgan fingerprint density at radius 2 is 2.29 bits per heavy atom. The van der Waals surface area contributed by atoms with E-state index >= 15 is 0 Å². The molecule has 1 aliphatic rings. The van der Waals surface area contributed by atoms with E-state index in [4.69, 9.17) is 0 Å². The highest BCUT2D eigenvalue weighted by molar-refractivity contribution is 4.94. The van der Waals surface area contributed by atoms with Gasteiger partial charge in [-0.1, -0.05) is 12.8 Å². The van der Waals surface area contributed by atoms with Gasteiger partial charge in [-0.15, -0.1) is 0 Å². The molecule has 0 radical (unpaired) electrons. The summed E-state index contributed by atoms with van der Waals surface area (Å²) >= 11 is 0. The molecule has 0 amide bonds. The zero-order valence-corrected chi connectivity index (χ0v) is 8.63. The summed E-state index contributed by atoms with van der Waals surface area (Å²) in [6, 6.07) is 0. The van der Waals surface area contributed by atoms with Gasteiger partial charge in [-0.05, 0) is 25.3 Å². The molecule has 1 aliphatic carbocycles. The number of imidazole rings is 1. The third kappa shape index (κ3) is 2.84. The van der Waals surface area contributed by atoms with Crippen LogP contribution in [-0.4, -0.2) is 23.1 Å². The van der Waals surface area contributed by atoms with Crippen LogP contribution >= 0.6 is 0 Å². The van der Waals surface area contributed by atoms with Gasteiger partial charge in [0.2, 0.25) is 0 Å². The molecule has 3 heteroatoms. The number of hydrogen-bond acceptors (Lipinski definition) is 2. The summed E-state index contributed by atoms with van der Waals surface area (Å²) in [5.74, 6) is 0.941. The van der Waals surface area contributed by atoms with Crippen molar-refractivity contribution in [2.75, 3.05) is 13.1 Å². The lowest BCUT2D eigenvalue weighted by Gasteiger charge is -2.09. The summed E-state index contributed by atoms with van der Waals surface area (Å²) in [5, 5.41) is 3.52. The standard InChI is InChI=1S/C11H19N3/c1-2-4-10(3-1)7-12-6-5-11-8-13-9-14-11/h8-10,12H,1-7H2,(H,13,14). The van der Waals surface area contributed by atoms with E-state index in [1.807, 2.05) is 6.20 Å². The number of H-pyrrole nitrogens is 1. The maximum Gasteiger partial charge on any atom is 0.0921 e. The number of nitrogens with one attached hydrogen (secondary N) is 2. The number of nitrogens with zero attached hydrogens (tertiary/aromatic N) is 1. The lowest BCUT2D eigenvalue weighted by molar-refractivity contribution is 0.491. The Bertz CT molecular complexity index is 237. The minimum absolute atomic E-state index is 0.941. The number of aromatic amines is 1. The first-order valence-electron chi connectivity index (χ1n) is 5.63. The van der Waals surface area contributed by atoms with Crippen molar-refractivity contribution in [2.45, 2.75) is 32.1 Å². The first kappa shape index (κ1) is 9.71. The van der Waals surface area contributed by atoms with Gasteiger partial charge in [-0.3, -0.25) is 0 Å². The van der Waals surface area contributed by atoms with Crippen LogP contribution in [-0.2, 0) is 6.42 Å². The van der Waals surface area contributed by atoms with Gasteiger partial charge in [-0.25, -0.2) is 4.98 Å². The van der Waals surface area contributed by atoms with Crippen LogP contribution in [0.4, 0.5) is 0 Å². The largest absolute Gasteiger partial charge is 0.348 e. The van der Waals surface area contributed by atoms with Crippen molar-refractivity contribution in [2.24, 2.45) is 5.92 Å². The molecule has 1 fully saturated rings. The van der Waals surface area contributed by atoms with E-state index in [9.17, 15) is 0 Å². The topological polar surface area (TPSA) is 40.7 Å². The zero-order chi connectivity index (χ0) is 9.64. The highest BCUT2D eigenvalue weighted by Crippen LogP contribution is 2.23. The maximum absolute atomic E-state index is 4.00. The van der Waals surface area contributed by atoms with Gasteiger partial charge in [0.1, 0.15) is 0 Å². The van der Waals surface area contributed by atoms with Gasteiger partial charge in [0.25, 0.3) is 0 Å². The molecule has 3 nitrogen and oxygen atoms in total. The van der Waals surface area contributed by atoms with Crippen LogP contribution in [0.3, 0.4) is 0 Å². The average Bonchev–Trinajstić information content (AvgIpc) is 2.86. The summed E-state index contributed by atoms with van der Waals surface area (Å²) in [4.78, 5) is 7.11. The second kappa shape index (κ2) is 5.15. The van der Waals surface area contributed by atoms with Crippen LogP contribution in [0.1, 0.15) is 31.4 Å². The fourth-order valence-electron chi connectivity index (χ4n) is 2.17. The molecular formula is C11H19N3. The molecule has 2 rings (SSSR count). The molecular weight excluding hydrogens is 174 g/mol. The Hall–Kier alpha value is -0.830. The minimum Gasteiger partial charge on any atom is -0.348 e. The van der Waals surface area contributed by atoms with Gasteiger partial charge in [-0.2, -0.15) is 0 Å². The Balaban J connectivity index is 1.55. The van der Waals surface area contributed by atoms with Crippen LogP contribution < -0.4 is 5.32 Å². The smallest absolute Gasteiger partial charge is 0.0921 e. The molecule has 1 heterocycles. The van der Waals surface area contributed by atoms with Gasteiger partial charge in [0.05, 0.1) is 6.33 Å². The van der Waals surface area contributed by atoms with Gasteiger partial charge >= 0.3 is 0 Å². The van der Waals surface area contributed by atoms with Gasteiger partial charge in [0.15, 0.2) is 0 Å². The van der Waals surface area contributed by atoms with E-state index in [1.165, 1.54) is 37.9 Å². The van der Waals surface area contributed by atoms with Crippen LogP contribution in [0.2, 0.25) is 0 Å². The second-order valence-electron chi connectivity index (χ2n) is 4.18. The van der Waals surface area contributed by atoms with E-state index in [1.54, 1.807) is 6.33 Å². The molecule has 1 saturated carbocycles. The lowest BCUT2D eigenvalue weighted by atomic mass is 10.1. The normalized spacial score (nSPS) is 17.7. The summed E-state index contributed by atoms with van der Waals surface area (Å²) < 4.78 is 0. The lowest BCUT2D eigenvalue weighted by Crippen LogP contribution is -2.23. The third-order valence-corrected chi connectivity index (χ3v) is 3.03. The fourth-order valence-corrected chi connectivity index (χ4v) is 2.17. The first-order chi connectivity index (χ1) is 6.95. The Morgan fingerprint density at radius 3 is 3.00 bits per heavy atom. The molecule has 14 heavy (non-hydrogen) atoms. The fraction of sp³-hybridized carbons (Fsp3) is 0.727. The Morgan fingerprint density at radius 1 is 1.43 bits per heavy atom. The van der Waals surface area contributed by atoms with Gasteiger partial charge in [0, 0.05) is 24.9 Å². The molecule has 1 aromatic heterocycles. The monoisotopic (exact) mass is 193 g/mol. The van der Waals surface area contributed by atoms with E-state index in [-0.39, 0.29) is 0 Å². The predicted molar refractivity (Wildman–Crippen MR) is 57.1 cm³/mol. The highest BCUT2D eigenvalue weighted by Gasteiger charge is 2.13. The number of hydrogen-bond donors (Lipinski definition) is 2. The zero-order valence-electron chi connectivity index (χ0n) is 8.63. The molecule has 0 aliphatic heterocycles. The van der Waals surface area contributed by atoms with E-state index in [2.05, 4.69) is 15.3 Å². The van der Waals surface area contributed by atoms with Crippen molar-refractivity contribution >= 4 is 0 Å². The van der Waals surface area contributed by atoms with E-state index in [0.29, 0.717) is 0 Å². The van der Waals surface area contributed by atoms with E-state index in [0.717, 1.165) is 18.9 Å². The van der Waals surface area contributed by atoms with Crippen molar-refractivity contribution < 1.29 is 0 Å². The minimum atomic E-state index is 0.941. The highest BCUT2D eigenvalue weighted by atomic mass is 14.9. The van der Waals surface area contributed by atoms with Crippen molar-refractivity contribution in [3.05, 3.63) is 18.2 Å². The summed E-state index contributed by atoms with van der Waals surface area (Å²) in [5.41, 5.74) is 1.23. The number of rotatable bonds is 5. The first-order valence-corrected chi connectivity index (χ1v) is 5.63. The number of aromatic nitrogens is 2. The molecule has 1 aromatic rings. The SMILES string of the molecule is c1ncc(CCNCC2CCCC2)[nH]1. The molecule has 0 unspecified atom stereocenters. The summed E-state index contributed by atoms with van der Waals surface area (Å²) in [6.07, 6.45) is 10.4. The van der Waals surface area contributed by atoms with Gasteiger partial charge < -0.3 is 10.3 Å². The molecule has 0 saturated heterocycles. The van der Waals surface area contributed by atoms with Crippen molar-refractivity contribution in [3.63, 3.8) is 0 Å². The molecule has 2 N–H and O–H groups in total.